The summed E-state index contributed by atoms with van der Waals surface area (Å²) in [5, 5.41) is 14.8. The first-order chi connectivity index (χ1) is 12.7. The van der Waals surface area contributed by atoms with Crippen LogP contribution in [0.1, 0.15) is 24.4 Å². The van der Waals surface area contributed by atoms with Crippen LogP contribution >= 0.6 is 0 Å². The van der Waals surface area contributed by atoms with Crippen LogP contribution in [0, 0.1) is 0 Å². The molecule has 0 saturated carbocycles. The van der Waals surface area contributed by atoms with Gasteiger partial charge in [-0.15, -0.1) is 0 Å². The molecule has 0 unspecified atom stereocenters. The molecule has 0 aliphatic heterocycles. The van der Waals surface area contributed by atoms with Crippen molar-refractivity contribution in [2.75, 3.05) is 0 Å². The second-order valence-corrected chi connectivity index (χ2v) is 6.21. The lowest BCUT2D eigenvalue weighted by molar-refractivity contribution is 0.276. The van der Waals surface area contributed by atoms with E-state index in [1.54, 1.807) is 16.9 Å². The van der Waals surface area contributed by atoms with Gasteiger partial charge in [0.25, 0.3) is 0 Å². The van der Waals surface area contributed by atoms with Crippen LogP contribution in [0.2, 0.25) is 0 Å². The number of aliphatic hydroxyl groups is 1. The summed E-state index contributed by atoms with van der Waals surface area (Å²) >= 11 is 0. The Morgan fingerprint density at radius 2 is 1.92 bits per heavy atom. The maximum atomic E-state index is 9.33. The summed E-state index contributed by atoms with van der Waals surface area (Å²) in [7, 11) is 0. The number of benzene rings is 1. The Balaban J connectivity index is 1.83. The maximum absolute atomic E-state index is 9.33. The van der Waals surface area contributed by atoms with Gasteiger partial charge in [0, 0.05) is 17.0 Å². The smallest absolute Gasteiger partial charge is 0.154 e. The summed E-state index contributed by atoms with van der Waals surface area (Å²) in [6, 6.07) is 17.4. The lowest BCUT2D eigenvalue weighted by Crippen LogP contribution is -2.07. The Bertz CT molecular complexity index is 1070. The van der Waals surface area contributed by atoms with Gasteiger partial charge in [0.1, 0.15) is 0 Å². The van der Waals surface area contributed by atoms with E-state index in [0.717, 1.165) is 27.9 Å². The summed E-state index contributed by atoms with van der Waals surface area (Å²) in [4.78, 5) is 9.10. The predicted octanol–water partition coefficient (Wildman–Crippen LogP) is 2.99. The third kappa shape index (κ3) is 2.96. The highest BCUT2D eigenvalue weighted by Crippen LogP contribution is 2.25. The van der Waals surface area contributed by atoms with Gasteiger partial charge in [-0.2, -0.15) is 5.10 Å². The van der Waals surface area contributed by atoms with Crippen molar-refractivity contribution in [3.8, 4) is 17.1 Å². The van der Waals surface area contributed by atoms with Crippen LogP contribution in [0.25, 0.3) is 28.0 Å². The molecule has 0 aliphatic rings. The third-order valence-corrected chi connectivity index (χ3v) is 4.27. The van der Waals surface area contributed by atoms with E-state index in [2.05, 4.69) is 15.1 Å². The maximum Gasteiger partial charge on any atom is 0.154 e. The molecule has 26 heavy (non-hydrogen) atoms. The second kappa shape index (κ2) is 6.67. The average molecular weight is 345 g/mol. The van der Waals surface area contributed by atoms with Gasteiger partial charge in [0.05, 0.1) is 35.4 Å². The molecule has 0 radical (unpaired) electrons. The van der Waals surface area contributed by atoms with Crippen molar-refractivity contribution >= 4 is 10.9 Å². The number of hydrogen-bond donors (Lipinski definition) is 2. The van der Waals surface area contributed by atoms with Gasteiger partial charge < -0.3 is 10.8 Å². The summed E-state index contributed by atoms with van der Waals surface area (Å²) in [5.74, 6) is 0.668. The van der Waals surface area contributed by atoms with Crippen LogP contribution in [-0.2, 0) is 6.61 Å². The molecule has 4 aromatic rings. The molecular weight excluding hydrogens is 326 g/mol. The number of aliphatic hydroxyl groups excluding tert-OH is 1. The normalized spacial score (nSPS) is 12.4. The van der Waals surface area contributed by atoms with Gasteiger partial charge in [0.15, 0.2) is 5.82 Å². The number of hydrogen-bond acceptors (Lipinski definition) is 5. The molecule has 0 bridgehead atoms. The Morgan fingerprint density at radius 1 is 1.08 bits per heavy atom. The Kier molecular flexibility index (Phi) is 4.20. The number of fused-ring (bicyclic) bond motifs is 1. The van der Waals surface area contributed by atoms with Crippen molar-refractivity contribution in [3.05, 3.63) is 72.2 Å². The van der Waals surface area contributed by atoms with Gasteiger partial charge in [-0.1, -0.05) is 24.3 Å². The largest absolute Gasteiger partial charge is 0.390 e. The zero-order chi connectivity index (χ0) is 18.1. The fourth-order valence-corrected chi connectivity index (χ4v) is 2.90. The topological polar surface area (TPSA) is 89.8 Å². The second-order valence-electron chi connectivity index (χ2n) is 6.21. The quantitative estimate of drug-likeness (QED) is 0.593. The van der Waals surface area contributed by atoms with Gasteiger partial charge in [-0.25, -0.2) is 9.67 Å². The highest BCUT2D eigenvalue weighted by atomic mass is 16.3. The van der Waals surface area contributed by atoms with Crippen LogP contribution in [0.3, 0.4) is 0 Å². The fourth-order valence-electron chi connectivity index (χ4n) is 2.90. The highest BCUT2D eigenvalue weighted by molar-refractivity contribution is 5.84. The molecule has 3 heterocycles. The van der Waals surface area contributed by atoms with E-state index in [9.17, 15) is 5.11 Å². The fraction of sp³-hybridized carbons (Fsp3) is 0.150. The molecule has 0 saturated heterocycles. The zero-order valence-electron chi connectivity index (χ0n) is 14.4. The van der Waals surface area contributed by atoms with Gasteiger partial charge in [0.2, 0.25) is 0 Å². The Labute approximate surface area is 151 Å². The van der Waals surface area contributed by atoms with Crippen LogP contribution in [-0.4, -0.2) is 24.9 Å². The van der Waals surface area contributed by atoms with Crippen LogP contribution in [0.5, 0.6) is 0 Å². The zero-order valence-corrected chi connectivity index (χ0v) is 14.4. The molecular formula is C20H19N5O. The van der Waals surface area contributed by atoms with Gasteiger partial charge >= 0.3 is 0 Å². The predicted molar refractivity (Wildman–Crippen MR) is 101 cm³/mol. The molecule has 0 spiro atoms. The summed E-state index contributed by atoms with van der Waals surface area (Å²) in [6.07, 6.45) is 1.80. The molecule has 130 valence electrons. The molecule has 3 N–H and O–H groups in total. The van der Waals surface area contributed by atoms with E-state index in [4.69, 9.17) is 5.73 Å². The van der Waals surface area contributed by atoms with Gasteiger partial charge in [-0.3, -0.25) is 4.98 Å². The van der Waals surface area contributed by atoms with E-state index in [0.29, 0.717) is 11.5 Å². The Morgan fingerprint density at radius 3 is 2.73 bits per heavy atom. The first kappa shape index (κ1) is 16.4. The standard InChI is InChI=1S/C20H19N5O/c1-13(21)17-5-3-6-18(24-17)14-8-9-15-11-22-25(19(15)10-14)20-7-2-4-16(12-26)23-20/h2-11,13,26H,12,21H2,1H3/t13-/m1/s1. The molecule has 6 nitrogen and oxygen atoms in total. The molecule has 3 aromatic heterocycles. The molecule has 4 rings (SSSR count). The first-order valence-corrected chi connectivity index (χ1v) is 8.43. The minimum atomic E-state index is -0.116. The minimum absolute atomic E-state index is 0.105. The van der Waals surface area contributed by atoms with Crippen molar-refractivity contribution in [1.29, 1.82) is 0 Å². The molecule has 0 fully saturated rings. The lowest BCUT2D eigenvalue weighted by atomic mass is 10.1. The molecule has 0 amide bonds. The summed E-state index contributed by atoms with van der Waals surface area (Å²) in [5.41, 5.74) is 10.2. The van der Waals surface area contributed by atoms with E-state index in [-0.39, 0.29) is 12.6 Å². The van der Waals surface area contributed by atoms with Crippen molar-refractivity contribution < 1.29 is 5.11 Å². The number of aromatic nitrogens is 4. The number of nitrogens with zero attached hydrogens (tertiary/aromatic N) is 4. The third-order valence-electron chi connectivity index (χ3n) is 4.27. The van der Waals surface area contributed by atoms with Crippen molar-refractivity contribution in [2.24, 2.45) is 5.73 Å². The molecule has 1 atom stereocenters. The van der Waals surface area contributed by atoms with Crippen LogP contribution in [0.15, 0.2) is 60.8 Å². The minimum Gasteiger partial charge on any atom is -0.390 e. The van der Waals surface area contributed by atoms with Crippen LogP contribution in [0.4, 0.5) is 0 Å². The van der Waals surface area contributed by atoms with Crippen molar-refractivity contribution in [1.82, 2.24) is 19.7 Å². The van der Waals surface area contributed by atoms with E-state index in [1.165, 1.54) is 0 Å². The molecule has 0 aliphatic carbocycles. The lowest BCUT2D eigenvalue weighted by Gasteiger charge is -2.08. The van der Waals surface area contributed by atoms with Crippen molar-refractivity contribution in [3.63, 3.8) is 0 Å². The monoisotopic (exact) mass is 345 g/mol. The number of pyridine rings is 2. The highest BCUT2D eigenvalue weighted by Gasteiger charge is 2.10. The first-order valence-electron chi connectivity index (χ1n) is 8.43. The van der Waals surface area contributed by atoms with Gasteiger partial charge in [-0.05, 0) is 37.3 Å². The van der Waals surface area contributed by atoms with Crippen molar-refractivity contribution in [2.45, 2.75) is 19.6 Å². The van der Waals surface area contributed by atoms with E-state index >= 15 is 0 Å². The average Bonchev–Trinajstić information content (AvgIpc) is 3.11. The molecule has 6 heteroatoms. The van der Waals surface area contributed by atoms with E-state index < -0.39 is 0 Å². The Hall–Kier alpha value is -3.09. The number of rotatable bonds is 4. The summed E-state index contributed by atoms with van der Waals surface area (Å²) in [6.45, 7) is 1.82. The molecule has 1 aromatic carbocycles. The SMILES string of the molecule is C[C@@H](N)c1cccc(-c2ccc3cnn(-c4cccc(CO)n4)c3c2)n1. The van der Waals surface area contributed by atoms with E-state index in [1.807, 2.05) is 55.5 Å². The number of nitrogens with two attached hydrogens (primary N) is 1. The van der Waals surface area contributed by atoms with Crippen LogP contribution < -0.4 is 5.73 Å². The summed E-state index contributed by atoms with van der Waals surface area (Å²) < 4.78 is 1.77.